The highest BCUT2D eigenvalue weighted by atomic mass is 19.4. The van der Waals surface area contributed by atoms with E-state index < -0.39 is 29.8 Å². The molecule has 0 bridgehead atoms. The molecule has 0 aliphatic rings. The van der Waals surface area contributed by atoms with Gasteiger partial charge in [-0.1, -0.05) is 12.1 Å². The van der Waals surface area contributed by atoms with Crippen LogP contribution in [-0.4, -0.2) is 23.4 Å². The van der Waals surface area contributed by atoms with Crippen molar-refractivity contribution in [2.45, 2.75) is 18.3 Å². The second-order valence-corrected chi connectivity index (χ2v) is 3.44. The van der Waals surface area contributed by atoms with Crippen LogP contribution in [0, 0.1) is 0 Å². The van der Waals surface area contributed by atoms with E-state index in [-0.39, 0.29) is 5.56 Å². The highest BCUT2D eigenvalue weighted by Crippen LogP contribution is 2.46. The third-order valence-corrected chi connectivity index (χ3v) is 2.15. The summed E-state index contributed by atoms with van der Waals surface area (Å²) in [4.78, 5) is 10.4. The first-order chi connectivity index (χ1) is 8.03. The van der Waals surface area contributed by atoms with E-state index in [2.05, 4.69) is 0 Å². The summed E-state index contributed by atoms with van der Waals surface area (Å²) < 4.78 is 73.9. The van der Waals surface area contributed by atoms with Gasteiger partial charge in [0, 0.05) is 0 Å². The van der Waals surface area contributed by atoms with Gasteiger partial charge in [0.2, 0.25) is 0 Å². The number of hydrogen-bond acceptors (Lipinski definition) is 1. The van der Waals surface area contributed by atoms with E-state index in [0.717, 1.165) is 0 Å². The van der Waals surface area contributed by atoms with Crippen molar-refractivity contribution >= 4 is 5.97 Å². The fraction of sp³-hybridized carbons (Fsp3) is 0.300. The van der Waals surface area contributed by atoms with Gasteiger partial charge in [-0.2, -0.15) is 26.3 Å². The summed E-state index contributed by atoms with van der Waals surface area (Å²) in [5.41, 5.74) is -1.43. The molecule has 0 saturated carbocycles. The molecule has 0 radical (unpaired) electrons. The van der Waals surface area contributed by atoms with Crippen LogP contribution in [0.25, 0.3) is 0 Å². The third-order valence-electron chi connectivity index (χ3n) is 2.15. The summed E-state index contributed by atoms with van der Waals surface area (Å²) in [6, 6.07) is 2.41. The first-order valence-electron chi connectivity index (χ1n) is 4.50. The zero-order valence-electron chi connectivity index (χ0n) is 8.51. The van der Waals surface area contributed by atoms with Crippen molar-refractivity contribution in [2.24, 2.45) is 0 Å². The highest BCUT2D eigenvalue weighted by Gasteiger charge is 2.57. The van der Waals surface area contributed by atoms with Crippen molar-refractivity contribution in [3.05, 3.63) is 35.4 Å². The number of hydrogen-bond donors (Lipinski definition) is 1. The minimum absolute atomic E-state index is 0.387. The third kappa shape index (κ3) is 3.14. The van der Waals surface area contributed by atoms with E-state index in [1.807, 2.05) is 0 Å². The van der Waals surface area contributed by atoms with E-state index in [1.165, 1.54) is 0 Å². The van der Waals surface area contributed by atoms with Crippen LogP contribution in [0.3, 0.4) is 0 Å². The SMILES string of the molecule is O=C(O)c1ccc(C(C(F)(F)F)C(F)(F)F)cc1. The monoisotopic (exact) mass is 272 g/mol. The van der Waals surface area contributed by atoms with Gasteiger partial charge in [-0.25, -0.2) is 4.79 Å². The van der Waals surface area contributed by atoms with Crippen molar-refractivity contribution in [1.82, 2.24) is 0 Å². The molecule has 0 heterocycles. The molecule has 2 nitrogen and oxygen atoms in total. The Bertz CT molecular complexity index is 417. The van der Waals surface area contributed by atoms with E-state index in [4.69, 9.17) is 5.11 Å². The Hall–Kier alpha value is -1.73. The van der Waals surface area contributed by atoms with Crippen LogP contribution in [0.4, 0.5) is 26.3 Å². The molecule has 0 spiro atoms. The van der Waals surface area contributed by atoms with Gasteiger partial charge in [-0.15, -0.1) is 0 Å². The first kappa shape index (κ1) is 14.3. The van der Waals surface area contributed by atoms with E-state index in [1.54, 1.807) is 0 Å². The van der Waals surface area contributed by atoms with Crippen LogP contribution >= 0.6 is 0 Å². The Morgan fingerprint density at radius 1 is 0.944 bits per heavy atom. The molecule has 0 aliphatic heterocycles. The molecule has 1 aromatic carbocycles. The van der Waals surface area contributed by atoms with E-state index in [9.17, 15) is 31.1 Å². The molecule has 18 heavy (non-hydrogen) atoms. The molecule has 1 N–H and O–H groups in total. The lowest BCUT2D eigenvalue weighted by Crippen LogP contribution is -2.34. The summed E-state index contributed by atoms with van der Waals surface area (Å²) in [5, 5.41) is 8.49. The predicted molar refractivity (Wildman–Crippen MR) is 48.3 cm³/mol. The second-order valence-electron chi connectivity index (χ2n) is 3.44. The molecule has 1 aromatic rings. The molecule has 1 rings (SSSR count). The van der Waals surface area contributed by atoms with E-state index >= 15 is 0 Å². The van der Waals surface area contributed by atoms with Gasteiger partial charge in [0.25, 0.3) is 0 Å². The number of carbonyl (C=O) groups is 1. The van der Waals surface area contributed by atoms with Gasteiger partial charge in [0.1, 0.15) is 0 Å². The Kier molecular flexibility index (Phi) is 3.59. The lowest BCUT2D eigenvalue weighted by molar-refractivity contribution is -0.253. The number of halogens is 6. The van der Waals surface area contributed by atoms with Crippen molar-refractivity contribution in [1.29, 1.82) is 0 Å². The van der Waals surface area contributed by atoms with Crippen LogP contribution in [0.15, 0.2) is 24.3 Å². The standard InChI is InChI=1S/C10H6F6O2/c11-9(12,13)7(10(14,15)16)5-1-3-6(4-2-5)8(17)18/h1-4,7H,(H,17,18). The Morgan fingerprint density at radius 3 is 1.61 bits per heavy atom. The molecular weight excluding hydrogens is 266 g/mol. The van der Waals surface area contributed by atoms with Crippen molar-refractivity contribution in [3.8, 4) is 0 Å². The normalized spacial score (nSPS) is 12.8. The minimum Gasteiger partial charge on any atom is -0.478 e. The van der Waals surface area contributed by atoms with Crippen molar-refractivity contribution < 1.29 is 36.2 Å². The molecule has 0 amide bonds. The Morgan fingerprint density at radius 2 is 1.33 bits per heavy atom. The van der Waals surface area contributed by atoms with Gasteiger partial charge in [0.15, 0.2) is 5.92 Å². The molecular formula is C10H6F6O2. The second kappa shape index (κ2) is 4.51. The summed E-state index contributed by atoms with van der Waals surface area (Å²) >= 11 is 0. The summed E-state index contributed by atoms with van der Waals surface area (Å²) in [5.74, 6) is -5.05. The zero-order valence-corrected chi connectivity index (χ0v) is 8.51. The minimum atomic E-state index is -5.48. The van der Waals surface area contributed by atoms with Gasteiger partial charge in [0.05, 0.1) is 5.56 Å². The summed E-state index contributed by atoms with van der Waals surface area (Å²) in [6.45, 7) is 0. The molecule has 0 unspecified atom stereocenters. The van der Waals surface area contributed by atoms with Crippen molar-refractivity contribution in [2.75, 3.05) is 0 Å². The maximum Gasteiger partial charge on any atom is 0.404 e. The van der Waals surface area contributed by atoms with Gasteiger partial charge >= 0.3 is 18.3 Å². The quantitative estimate of drug-likeness (QED) is 0.835. The number of aromatic carboxylic acids is 1. The topological polar surface area (TPSA) is 37.3 Å². The summed E-state index contributed by atoms with van der Waals surface area (Å²) in [6.07, 6.45) is -11.0. The van der Waals surface area contributed by atoms with Crippen molar-refractivity contribution in [3.63, 3.8) is 0 Å². The molecule has 0 fully saturated rings. The maximum absolute atomic E-state index is 12.3. The lowest BCUT2D eigenvalue weighted by atomic mass is 9.97. The molecule has 0 aliphatic carbocycles. The number of benzene rings is 1. The Labute approximate surface area is 96.8 Å². The van der Waals surface area contributed by atoms with Crippen LogP contribution < -0.4 is 0 Å². The highest BCUT2D eigenvalue weighted by molar-refractivity contribution is 5.87. The lowest BCUT2D eigenvalue weighted by Gasteiger charge is -2.23. The molecule has 8 heteroatoms. The number of alkyl halides is 6. The number of carboxylic acid groups (broad SMARTS) is 1. The largest absolute Gasteiger partial charge is 0.478 e. The van der Waals surface area contributed by atoms with Crippen LogP contribution in [-0.2, 0) is 0 Å². The first-order valence-corrected chi connectivity index (χ1v) is 4.50. The molecule has 0 aromatic heterocycles. The van der Waals surface area contributed by atoms with Crippen LogP contribution in [0.1, 0.15) is 21.8 Å². The average molecular weight is 272 g/mol. The molecule has 0 atom stereocenters. The molecule has 100 valence electrons. The smallest absolute Gasteiger partial charge is 0.404 e. The van der Waals surface area contributed by atoms with Crippen LogP contribution in [0.2, 0.25) is 0 Å². The van der Waals surface area contributed by atoms with Gasteiger partial charge in [-0.3, -0.25) is 0 Å². The number of rotatable bonds is 2. The number of carboxylic acids is 1. The fourth-order valence-electron chi connectivity index (χ4n) is 1.38. The Balaban J connectivity index is 3.20. The predicted octanol–water partition coefficient (Wildman–Crippen LogP) is 3.59. The average Bonchev–Trinajstić information content (AvgIpc) is 2.13. The zero-order chi connectivity index (χ0) is 14.1. The van der Waals surface area contributed by atoms with Crippen LogP contribution in [0.5, 0.6) is 0 Å². The maximum atomic E-state index is 12.3. The fourth-order valence-corrected chi connectivity index (χ4v) is 1.38. The van der Waals surface area contributed by atoms with Gasteiger partial charge < -0.3 is 5.11 Å². The molecule has 0 saturated heterocycles. The van der Waals surface area contributed by atoms with Gasteiger partial charge in [-0.05, 0) is 17.7 Å². The van der Waals surface area contributed by atoms with E-state index in [0.29, 0.717) is 24.3 Å². The summed E-state index contributed by atoms with van der Waals surface area (Å²) in [7, 11) is 0.